The van der Waals surface area contributed by atoms with Crippen LogP contribution < -0.4 is 15.4 Å². The number of carbonyl (C=O) groups is 1. The SMILES string of the molecule is CC(C#N)(NC(=O)CNc1ccccc1Oc1ncc(Cl)cc1Cl)C1CC1. The van der Waals surface area contributed by atoms with E-state index < -0.39 is 5.54 Å². The van der Waals surface area contributed by atoms with Gasteiger partial charge in [-0.05, 0) is 43.9 Å². The standard InChI is InChI=1S/C19H18Cl2N4O2/c1-19(11-22,12-6-7-12)25-17(26)10-23-15-4-2-3-5-16(15)27-18-14(21)8-13(20)9-24-18/h2-5,8-9,12,23H,6-7,10H2,1H3,(H,25,26). The molecule has 1 heterocycles. The number of pyridine rings is 1. The number of para-hydroxylation sites is 2. The molecule has 1 aromatic carbocycles. The summed E-state index contributed by atoms with van der Waals surface area (Å²) < 4.78 is 5.75. The first-order valence-corrected chi connectivity index (χ1v) is 9.21. The van der Waals surface area contributed by atoms with Crippen LogP contribution in [0.2, 0.25) is 10.0 Å². The van der Waals surface area contributed by atoms with Crippen molar-refractivity contribution in [3.05, 3.63) is 46.6 Å². The monoisotopic (exact) mass is 404 g/mol. The molecule has 1 fully saturated rings. The summed E-state index contributed by atoms with van der Waals surface area (Å²) in [6.07, 6.45) is 3.36. The van der Waals surface area contributed by atoms with Gasteiger partial charge in [0, 0.05) is 6.20 Å². The van der Waals surface area contributed by atoms with Crippen molar-refractivity contribution >= 4 is 34.8 Å². The highest BCUT2D eigenvalue weighted by Crippen LogP contribution is 2.39. The molecule has 27 heavy (non-hydrogen) atoms. The molecule has 1 unspecified atom stereocenters. The van der Waals surface area contributed by atoms with Crippen LogP contribution in [0.15, 0.2) is 36.5 Å². The van der Waals surface area contributed by atoms with E-state index in [1.165, 1.54) is 12.3 Å². The fourth-order valence-electron chi connectivity index (χ4n) is 2.67. The number of rotatable bonds is 7. The van der Waals surface area contributed by atoms with E-state index in [-0.39, 0.29) is 29.3 Å². The number of nitrogens with zero attached hydrogens (tertiary/aromatic N) is 2. The van der Waals surface area contributed by atoms with Gasteiger partial charge >= 0.3 is 0 Å². The van der Waals surface area contributed by atoms with E-state index >= 15 is 0 Å². The molecule has 0 bridgehead atoms. The first-order chi connectivity index (χ1) is 12.9. The normalized spacial score (nSPS) is 15.3. The number of amides is 1. The Balaban J connectivity index is 1.65. The van der Waals surface area contributed by atoms with Gasteiger partial charge in [-0.1, -0.05) is 35.3 Å². The maximum atomic E-state index is 12.3. The fourth-order valence-corrected chi connectivity index (χ4v) is 3.09. The van der Waals surface area contributed by atoms with Crippen LogP contribution in [0.25, 0.3) is 0 Å². The Morgan fingerprint density at radius 3 is 2.81 bits per heavy atom. The summed E-state index contributed by atoms with van der Waals surface area (Å²) >= 11 is 11.9. The van der Waals surface area contributed by atoms with Crippen LogP contribution >= 0.6 is 23.2 Å². The van der Waals surface area contributed by atoms with Gasteiger partial charge in [-0.2, -0.15) is 5.26 Å². The van der Waals surface area contributed by atoms with E-state index in [4.69, 9.17) is 27.9 Å². The number of hydrogen-bond donors (Lipinski definition) is 2. The van der Waals surface area contributed by atoms with Crippen LogP contribution in [-0.2, 0) is 4.79 Å². The highest BCUT2D eigenvalue weighted by atomic mass is 35.5. The molecule has 1 aliphatic carbocycles. The second-order valence-corrected chi connectivity index (χ2v) is 7.37. The molecule has 3 rings (SSSR count). The zero-order valence-electron chi connectivity index (χ0n) is 14.6. The van der Waals surface area contributed by atoms with Gasteiger partial charge in [0.2, 0.25) is 11.8 Å². The van der Waals surface area contributed by atoms with Crippen LogP contribution in [0.1, 0.15) is 19.8 Å². The van der Waals surface area contributed by atoms with Gasteiger partial charge in [-0.25, -0.2) is 4.98 Å². The van der Waals surface area contributed by atoms with Crippen molar-refractivity contribution in [3.8, 4) is 17.7 Å². The van der Waals surface area contributed by atoms with Crippen LogP contribution in [0.3, 0.4) is 0 Å². The quantitative estimate of drug-likeness (QED) is 0.713. The highest BCUT2D eigenvalue weighted by molar-refractivity contribution is 6.35. The minimum atomic E-state index is -0.824. The largest absolute Gasteiger partial charge is 0.435 e. The lowest BCUT2D eigenvalue weighted by Gasteiger charge is -2.23. The summed E-state index contributed by atoms with van der Waals surface area (Å²) in [6.45, 7) is 1.76. The number of halogens is 2. The first kappa shape index (κ1) is 19.3. The third kappa shape index (κ3) is 4.82. The van der Waals surface area contributed by atoms with Crippen molar-refractivity contribution in [2.75, 3.05) is 11.9 Å². The zero-order chi connectivity index (χ0) is 19.4. The Morgan fingerprint density at radius 2 is 2.15 bits per heavy atom. The molecule has 0 saturated heterocycles. The Kier molecular flexibility index (Phi) is 5.73. The Morgan fingerprint density at radius 1 is 1.41 bits per heavy atom. The number of ether oxygens (including phenoxy) is 1. The number of hydrogen-bond acceptors (Lipinski definition) is 5. The molecule has 1 atom stereocenters. The van der Waals surface area contributed by atoms with Crippen LogP contribution in [0.5, 0.6) is 11.6 Å². The van der Waals surface area contributed by atoms with Gasteiger partial charge in [0.25, 0.3) is 0 Å². The molecule has 1 aliphatic rings. The number of carbonyl (C=O) groups excluding carboxylic acids is 1. The summed E-state index contributed by atoms with van der Waals surface area (Å²) in [5.41, 5.74) is -0.222. The molecule has 1 amide bonds. The average molecular weight is 405 g/mol. The smallest absolute Gasteiger partial charge is 0.240 e. The molecule has 6 nitrogen and oxygen atoms in total. The molecular weight excluding hydrogens is 387 g/mol. The highest BCUT2D eigenvalue weighted by Gasteiger charge is 2.42. The van der Waals surface area contributed by atoms with Gasteiger partial charge in [-0.15, -0.1) is 0 Å². The number of anilines is 1. The van der Waals surface area contributed by atoms with Crippen molar-refractivity contribution in [2.24, 2.45) is 5.92 Å². The van der Waals surface area contributed by atoms with E-state index in [0.29, 0.717) is 16.5 Å². The predicted molar refractivity (Wildman–Crippen MR) is 104 cm³/mol. The van der Waals surface area contributed by atoms with Crippen molar-refractivity contribution in [3.63, 3.8) is 0 Å². The van der Waals surface area contributed by atoms with Crippen LogP contribution in [-0.4, -0.2) is 23.0 Å². The van der Waals surface area contributed by atoms with Crippen molar-refractivity contribution in [2.45, 2.75) is 25.3 Å². The lowest BCUT2D eigenvalue weighted by Crippen LogP contribution is -2.48. The molecule has 140 valence electrons. The maximum Gasteiger partial charge on any atom is 0.240 e. The summed E-state index contributed by atoms with van der Waals surface area (Å²) in [4.78, 5) is 16.3. The Hall–Kier alpha value is -2.49. The minimum Gasteiger partial charge on any atom is -0.435 e. The van der Waals surface area contributed by atoms with E-state index in [1.807, 2.05) is 6.07 Å². The molecule has 8 heteroatoms. The van der Waals surface area contributed by atoms with Gasteiger partial charge in [0.15, 0.2) is 5.75 Å². The number of benzene rings is 1. The van der Waals surface area contributed by atoms with Gasteiger partial charge in [0.05, 0.1) is 23.3 Å². The third-order valence-electron chi connectivity index (χ3n) is 4.33. The Bertz CT molecular complexity index is 896. The number of nitriles is 1. The lowest BCUT2D eigenvalue weighted by atomic mass is 9.98. The Labute approximate surface area is 167 Å². The van der Waals surface area contributed by atoms with Crippen molar-refractivity contribution in [1.29, 1.82) is 5.26 Å². The predicted octanol–water partition coefficient (Wildman–Crippen LogP) is 4.40. The summed E-state index contributed by atoms with van der Waals surface area (Å²) in [5, 5.41) is 15.9. The zero-order valence-corrected chi connectivity index (χ0v) is 16.1. The van der Waals surface area contributed by atoms with E-state index in [1.54, 1.807) is 25.1 Å². The second kappa shape index (κ2) is 8.03. The second-order valence-electron chi connectivity index (χ2n) is 6.53. The third-order valence-corrected chi connectivity index (χ3v) is 4.81. The molecule has 0 spiro atoms. The topological polar surface area (TPSA) is 87.0 Å². The molecular formula is C19H18Cl2N4O2. The van der Waals surface area contributed by atoms with E-state index in [0.717, 1.165) is 12.8 Å². The van der Waals surface area contributed by atoms with E-state index in [9.17, 15) is 10.1 Å². The summed E-state index contributed by atoms with van der Waals surface area (Å²) in [7, 11) is 0. The molecule has 0 aliphatic heterocycles. The molecule has 1 aromatic heterocycles. The average Bonchev–Trinajstić information content (AvgIpc) is 3.49. The van der Waals surface area contributed by atoms with Gasteiger partial charge in [-0.3, -0.25) is 4.79 Å². The fraction of sp³-hybridized carbons (Fsp3) is 0.316. The van der Waals surface area contributed by atoms with Crippen molar-refractivity contribution < 1.29 is 9.53 Å². The number of aromatic nitrogens is 1. The molecule has 0 radical (unpaired) electrons. The first-order valence-electron chi connectivity index (χ1n) is 8.45. The van der Waals surface area contributed by atoms with Crippen molar-refractivity contribution in [1.82, 2.24) is 10.3 Å². The molecule has 1 saturated carbocycles. The van der Waals surface area contributed by atoms with Crippen LogP contribution in [0, 0.1) is 17.2 Å². The maximum absolute atomic E-state index is 12.3. The van der Waals surface area contributed by atoms with Crippen LogP contribution in [0.4, 0.5) is 5.69 Å². The minimum absolute atomic E-state index is 0.00609. The summed E-state index contributed by atoms with van der Waals surface area (Å²) in [6, 6.07) is 10.9. The lowest BCUT2D eigenvalue weighted by molar-refractivity contribution is -0.120. The van der Waals surface area contributed by atoms with Gasteiger partial charge in [0.1, 0.15) is 10.6 Å². The molecule has 2 aromatic rings. The summed E-state index contributed by atoms with van der Waals surface area (Å²) in [5.74, 6) is 0.640. The molecule has 2 N–H and O–H groups in total. The van der Waals surface area contributed by atoms with E-state index in [2.05, 4.69) is 21.7 Å². The number of nitrogens with one attached hydrogen (secondary N) is 2. The van der Waals surface area contributed by atoms with Gasteiger partial charge < -0.3 is 15.4 Å².